The second-order valence-electron chi connectivity index (χ2n) is 6.84. The minimum Gasteiger partial charge on any atom is -0.497 e. The molecule has 0 bridgehead atoms. The van der Waals surface area contributed by atoms with Crippen molar-refractivity contribution in [3.05, 3.63) is 59.4 Å². The molecule has 0 fully saturated rings. The van der Waals surface area contributed by atoms with Crippen LogP contribution in [0.2, 0.25) is 0 Å². The molecule has 0 spiro atoms. The highest BCUT2D eigenvalue weighted by Crippen LogP contribution is 2.44. The van der Waals surface area contributed by atoms with E-state index in [4.69, 9.17) is 9.47 Å². The number of hydrogen-bond donors (Lipinski definition) is 1. The molecule has 27 heavy (non-hydrogen) atoms. The van der Waals surface area contributed by atoms with Gasteiger partial charge in [0.05, 0.1) is 12.7 Å². The fourth-order valence-electron chi connectivity index (χ4n) is 3.44. The summed E-state index contributed by atoms with van der Waals surface area (Å²) in [6.45, 7) is 4.46. The molecule has 1 aromatic carbocycles. The van der Waals surface area contributed by atoms with Crippen molar-refractivity contribution >= 4 is 12.1 Å². The van der Waals surface area contributed by atoms with Crippen molar-refractivity contribution in [2.24, 2.45) is 5.92 Å². The smallest absolute Gasteiger partial charge is 0.497 e. The molecule has 2 heterocycles. The zero-order chi connectivity index (χ0) is 19.6. The van der Waals surface area contributed by atoms with E-state index in [2.05, 4.69) is 4.98 Å². The molecule has 3 rings (SSSR count). The topological polar surface area (TPSA) is 89.0 Å². The summed E-state index contributed by atoms with van der Waals surface area (Å²) in [5.74, 6) is 0.531. The number of ether oxygens (including phenoxy) is 2. The highest BCUT2D eigenvalue weighted by Gasteiger charge is 2.43. The Morgan fingerprint density at radius 1 is 1.33 bits per heavy atom. The van der Waals surface area contributed by atoms with Gasteiger partial charge in [0.15, 0.2) is 6.10 Å². The van der Waals surface area contributed by atoms with Crippen LogP contribution in [0.5, 0.6) is 5.75 Å². The Morgan fingerprint density at radius 2 is 2.11 bits per heavy atom. The number of rotatable bonds is 5. The van der Waals surface area contributed by atoms with E-state index in [1.807, 2.05) is 19.9 Å². The van der Waals surface area contributed by atoms with E-state index in [0.29, 0.717) is 23.4 Å². The number of fused-ring (bicyclic) bond motifs is 1. The molecule has 7 heteroatoms. The van der Waals surface area contributed by atoms with Crippen LogP contribution in [0.4, 0.5) is 4.79 Å². The molecule has 1 aliphatic heterocycles. The summed E-state index contributed by atoms with van der Waals surface area (Å²) in [5.41, 5.74) is 1.64. The molecular weight excluding hydrogens is 348 g/mol. The number of pyridine rings is 1. The van der Waals surface area contributed by atoms with Crippen LogP contribution >= 0.6 is 0 Å². The van der Waals surface area contributed by atoms with Crippen molar-refractivity contribution in [1.29, 1.82) is 0 Å². The maximum absolute atomic E-state index is 13.3. The zero-order valence-corrected chi connectivity index (χ0v) is 15.5. The second kappa shape index (κ2) is 7.65. The van der Waals surface area contributed by atoms with Gasteiger partial charge in [-0.3, -0.25) is 9.78 Å². The highest BCUT2D eigenvalue weighted by molar-refractivity contribution is 5.98. The quantitative estimate of drug-likeness (QED) is 0.808. The van der Waals surface area contributed by atoms with Crippen LogP contribution in [0.25, 0.3) is 0 Å². The van der Waals surface area contributed by atoms with Gasteiger partial charge in [0.2, 0.25) is 0 Å². The van der Waals surface area contributed by atoms with Gasteiger partial charge >= 0.3 is 6.16 Å². The standard InChI is InChI=1S/C20H22N2O5/c1-12(2)11-22-17(13-5-4-8-21-10-13)18(27-20(24)25)15-7-6-14(26-3)9-16(15)19(22)23/h4-10,12,17-18H,11H2,1-3H3,(H,24,25). The minimum absolute atomic E-state index is 0.184. The van der Waals surface area contributed by atoms with Gasteiger partial charge in [0.25, 0.3) is 5.91 Å². The van der Waals surface area contributed by atoms with Crippen molar-refractivity contribution in [2.75, 3.05) is 13.7 Å². The predicted molar refractivity (Wildman–Crippen MR) is 97.7 cm³/mol. The minimum atomic E-state index is -1.39. The number of carbonyl (C=O) groups excluding carboxylic acids is 1. The summed E-state index contributed by atoms with van der Waals surface area (Å²) in [6.07, 6.45) is 1.02. The van der Waals surface area contributed by atoms with E-state index in [9.17, 15) is 14.7 Å². The summed E-state index contributed by atoms with van der Waals surface area (Å²) in [5, 5.41) is 9.32. The number of hydrogen-bond acceptors (Lipinski definition) is 5. The first-order valence-corrected chi connectivity index (χ1v) is 8.70. The molecule has 2 atom stereocenters. The average molecular weight is 370 g/mol. The van der Waals surface area contributed by atoms with E-state index >= 15 is 0 Å². The molecule has 1 N–H and O–H groups in total. The molecule has 142 valence electrons. The first kappa shape index (κ1) is 18.7. The Labute approximate surface area is 157 Å². The lowest BCUT2D eigenvalue weighted by molar-refractivity contribution is -0.00902. The van der Waals surface area contributed by atoms with Gasteiger partial charge in [-0.1, -0.05) is 26.0 Å². The van der Waals surface area contributed by atoms with E-state index in [0.717, 1.165) is 5.56 Å². The van der Waals surface area contributed by atoms with Crippen LogP contribution in [0.15, 0.2) is 42.7 Å². The van der Waals surface area contributed by atoms with Gasteiger partial charge in [0, 0.05) is 24.5 Å². The molecule has 1 aromatic heterocycles. The maximum Gasteiger partial charge on any atom is 0.506 e. The zero-order valence-electron chi connectivity index (χ0n) is 15.5. The third-order valence-corrected chi connectivity index (χ3v) is 4.50. The Hall–Kier alpha value is -3.09. The van der Waals surface area contributed by atoms with Gasteiger partial charge in [0.1, 0.15) is 11.8 Å². The summed E-state index contributed by atoms with van der Waals surface area (Å²) >= 11 is 0. The van der Waals surface area contributed by atoms with Crippen LogP contribution < -0.4 is 4.74 Å². The largest absolute Gasteiger partial charge is 0.506 e. The summed E-state index contributed by atoms with van der Waals surface area (Å²) in [7, 11) is 1.52. The fourth-order valence-corrected chi connectivity index (χ4v) is 3.44. The maximum atomic E-state index is 13.3. The van der Waals surface area contributed by atoms with Crippen LogP contribution in [-0.2, 0) is 4.74 Å². The van der Waals surface area contributed by atoms with Gasteiger partial charge in [-0.2, -0.15) is 0 Å². The van der Waals surface area contributed by atoms with Gasteiger partial charge in [-0.25, -0.2) is 4.79 Å². The van der Waals surface area contributed by atoms with Crippen LogP contribution in [-0.4, -0.2) is 40.7 Å². The molecular formula is C20H22N2O5. The van der Waals surface area contributed by atoms with Crippen molar-refractivity contribution in [3.8, 4) is 5.75 Å². The number of methoxy groups -OCH3 is 1. The third-order valence-electron chi connectivity index (χ3n) is 4.50. The van der Waals surface area contributed by atoms with Gasteiger partial charge < -0.3 is 19.5 Å². The first-order valence-electron chi connectivity index (χ1n) is 8.70. The molecule has 0 radical (unpaired) electrons. The number of carboxylic acid groups (broad SMARTS) is 1. The Kier molecular flexibility index (Phi) is 5.30. The van der Waals surface area contributed by atoms with Crippen LogP contribution in [0, 0.1) is 5.92 Å². The lowest BCUT2D eigenvalue weighted by Gasteiger charge is -2.42. The van der Waals surface area contributed by atoms with E-state index < -0.39 is 18.3 Å². The monoisotopic (exact) mass is 370 g/mol. The van der Waals surface area contributed by atoms with Crippen molar-refractivity contribution in [2.45, 2.75) is 26.0 Å². The Balaban J connectivity index is 2.19. The van der Waals surface area contributed by atoms with Crippen molar-refractivity contribution < 1.29 is 24.2 Å². The average Bonchev–Trinajstić information content (AvgIpc) is 2.65. The van der Waals surface area contributed by atoms with Gasteiger partial charge in [-0.15, -0.1) is 0 Å². The predicted octanol–water partition coefficient (Wildman–Crippen LogP) is 3.68. The third kappa shape index (κ3) is 3.72. The SMILES string of the molecule is COc1ccc2c(c1)C(=O)N(CC(C)C)C(c1cccnc1)C2OC(=O)O. The normalized spacial score (nSPS) is 19.0. The number of amides is 1. The molecule has 1 amide bonds. The Bertz CT molecular complexity index is 838. The van der Waals surface area contributed by atoms with E-state index in [1.54, 1.807) is 41.6 Å². The van der Waals surface area contributed by atoms with Crippen molar-refractivity contribution in [1.82, 2.24) is 9.88 Å². The first-order chi connectivity index (χ1) is 12.9. The summed E-state index contributed by atoms with van der Waals surface area (Å²) < 4.78 is 10.5. The molecule has 2 aromatic rings. The second-order valence-corrected chi connectivity index (χ2v) is 6.84. The summed E-state index contributed by atoms with van der Waals surface area (Å²) in [6, 6.07) is 8.01. The molecule has 0 saturated carbocycles. The Morgan fingerprint density at radius 3 is 2.70 bits per heavy atom. The molecule has 0 aliphatic carbocycles. The van der Waals surface area contributed by atoms with E-state index in [-0.39, 0.29) is 11.8 Å². The molecule has 1 aliphatic rings. The number of carbonyl (C=O) groups is 2. The van der Waals surface area contributed by atoms with Crippen molar-refractivity contribution in [3.63, 3.8) is 0 Å². The molecule has 7 nitrogen and oxygen atoms in total. The van der Waals surface area contributed by atoms with Crippen LogP contribution in [0.3, 0.4) is 0 Å². The number of nitrogens with zero attached hydrogens (tertiary/aromatic N) is 2. The van der Waals surface area contributed by atoms with Gasteiger partial charge in [-0.05, 0) is 29.7 Å². The number of benzene rings is 1. The lowest BCUT2D eigenvalue weighted by Crippen LogP contribution is -2.45. The highest BCUT2D eigenvalue weighted by atomic mass is 16.7. The fraction of sp³-hybridized carbons (Fsp3) is 0.350. The molecule has 0 saturated heterocycles. The molecule has 2 unspecified atom stereocenters. The lowest BCUT2D eigenvalue weighted by atomic mass is 9.86. The summed E-state index contributed by atoms with van der Waals surface area (Å²) in [4.78, 5) is 30.5. The number of aromatic nitrogens is 1. The van der Waals surface area contributed by atoms with E-state index in [1.165, 1.54) is 7.11 Å². The van der Waals surface area contributed by atoms with Crippen LogP contribution in [0.1, 0.15) is 47.5 Å².